The number of aromatic nitrogens is 2. The third-order valence-corrected chi connectivity index (χ3v) is 5.51. The zero-order chi connectivity index (χ0) is 19.1. The predicted octanol–water partition coefficient (Wildman–Crippen LogP) is 3.84. The Hall–Kier alpha value is -3.06. The van der Waals surface area contributed by atoms with E-state index in [1.807, 2.05) is 48.2 Å². The van der Waals surface area contributed by atoms with Crippen molar-refractivity contribution in [2.24, 2.45) is 0 Å². The smallest absolute Gasteiger partial charge is 0.322 e. The van der Waals surface area contributed by atoms with Gasteiger partial charge >= 0.3 is 6.03 Å². The monoisotopic (exact) mass is 378 g/mol. The Labute approximate surface area is 162 Å². The van der Waals surface area contributed by atoms with Crippen molar-refractivity contribution in [1.29, 1.82) is 0 Å². The highest BCUT2D eigenvalue weighted by Crippen LogP contribution is 2.35. The number of hydrogen-bond acceptors (Lipinski definition) is 4. The van der Waals surface area contributed by atoms with Gasteiger partial charge in [0.25, 0.3) is 0 Å². The van der Waals surface area contributed by atoms with E-state index in [4.69, 9.17) is 9.47 Å². The first-order valence-electron chi connectivity index (χ1n) is 9.57. The molecule has 2 N–H and O–H groups in total. The minimum Gasteiger partial charge on any atom is -0.470 e. The number of carbonyl (C=O) groups excluding carboxylic acids is 1. The number of urea groups is 1. The van der Waals surface area contributed by atoms with E-state index >= 15 is 0 Å². The molecule has 2 atom stereocenters. The minimum atomic E-state index is -0.0951. The second kappa shape index (κ2) is 6.83. The lowest BCUT2D eigenvalue weighted by molar-refractivity contribution is 0.139. The van der Waals surface area contributed by atoms with Crippen molar-refractivity contribution in [3.05, 3.63) is 53.6 Å². The van der Waals surface area contributed by atoms with Crippen molar-refractivity contribution in [3.63, 3.8) is 0 Å². The topological polar surface area (TPSA) is 79.5 Å². The fourth-order valence-corrected chi connectivity index (χ4v) is 3.85. The second-order valence-electron chi connectivity index (χ2n) is 7.33. The lowest BCUT2D eigenvalue weighted by Crippen LogP contribution is -2.40. The Morgan fingerprint density at radius 3 is 2.93 bits per heavy atom. The van der Waals surface area contributed by atoms with Crippen LogP contribution in [0.3, 0.4) is 0 Å². The second-order valence-corrected chi connectivity index (χ2v) is 7.33. The zero-order valence-corrected chi connectivity index (χ0v) is 15.6. The minimum absolute atomic E-state index is 0.0271. The standard InChI is InChI=1S/C21H22N4O3/c1-13(14-5-3-2-4-6-14)25-11-15-9-17-19(10-18(15)22-21(25)26)23-24-20(17)28-16-7-8-27-12-16/h2-6,9-10,13,16H,7-8,11-12H2,1H3,(H,22,26)(H,23,24). The molecule has 28 heavy (non-hydrogen) atoms. The number of aromatic amines is 1. The van der Waals surface area contributed by atoms with Gasteiger partial charge in [-0.1, -0.05) is 30.3 Å². The molecule has 0 aliphatic carbocycles. The van der Waals surface area contributed by atoms with Gasteiger partial charge in [-0.3, -0.25) is 5.10 Å². The Kier molecular flexibility index (Phi) is 4.16. The van der Waals surface area contributed by atoms with Crippen LogP contribution in [0, 0.1) is 0 Å². The predicted molar refractivity (Wildman–Crippen MR) is 105 cm³/mol. The number of H-pyrrole nitrogens is 1. The number of carbonyl (C=O) groups is 1. The van der Waals surface area contributed by atoms with E-state index in [0.29, 0.717) is 19.0 Å². The maximum absolute atomic E-state index is 12.7. The number of fused-ring (bicyclic) bond motifs is 2. The fraction of sp³-hybridized carbons (Fsp3) is 0.333. The Morgan fingerprint density at radius 2 is 2.14 bits per heavy atom. The first-order valence-corrected chi connectivity index (χ1v) is 9.57. The largest absolute Gasteiger partial charge is 0.470 e. The number of nitrogens with one attached hydrogen (secondary N) is 2. The molecular weight excluding hydrogens is 356 g/mol. The summed E-state index contributed by atoms with van der Waals surface area (Å²) >= 11 is 0. The van der Waals surface area contributed by atoms with Gasteiger partial charge in [0.1, 0.15) is 6.10 Å². The van der Waals surface area contributed by atoms with Crippen LogP contribution >= 0.6 is 0 Å². The molecule has 2 unspecified atom stereocenters. The zero-order valence-electron chi connectivity index (χ0n) is 15.6. The molecule has 3 aromatic rings. The van der Waals surface area contributed by atoms with E-state index in [1.165, 1.54) is 0 Å². The van der Waals surface area contributed by atoms with E-state index in [-0.39, 0.29) is 18.2 Å². The van der Waals surface area contributed by atoms with Gasteiger partial charge in [0.05, 0.1) is 36.7 Å². The molecule has 144 valence electrons. The fourth-order valence-electron chi connectivity index (χ4n) is 3.85. The number of anilines is 1. The van der Waals surface area contributed by atoms with Crippen LogP contribution in [-0.2, 0) is 11.3 Å². The third-order valence-electron chi connectivity index (χ3n) is 5.51. The van der Waals surface area contributed by atoms with Gasteiger partial charge in [0, 0.05) is 12.1 Å². The molecule has 2 aromatic carbocycles. The van der Waals surface area contributed by atoms with Crippen LogP contribution in [0.1, 0.15) is 30.5 Å². The molecule has 1 aromatic heterocycles. The summed E-state index contributed by atoms with van der Waals surface area (Å²) < 4.78 is 11.4. The van der Waals surface area contributed by atoms with Gasteiger partial charge in [-0.05, 0) is 30.2 Å². The molecular formula is C21H22N4O3. The van der Waals surface area contributed by atoms with Crippen molar-refractivity contribution in [2.75, 3.05) is 18.5 Å². The summed E-state index contributed by atoms with van der Waals surface area (Å²) in [4.78, 5) is 14.5. The van der Waals surface area contributed by atoms with Crippen LogP contribution < -0.4 is 10.1 Å². The van der Waals surface area contributed by atoms with Crippen LogP contribution in [0.25, 0.3) is 10.9 Å². The summed E-state index contributed by atoms with van der Waals surface area (Å²) in [6.07, 6.45) is 0.911. The summed E-state index contributed by atoms with van der Waals surface area (Å²) in [5.74, 6) is 0.591. The Balaban J connectivity index is 1.45. The maximum atomic E-state index is 12.7. The van der Waals surface area contributed by atoms with Crippen LogP contribution in [0.5, 0.6) is 5.88 Å². The summed E-state index contributed by atoms with van der Waals surface area (Å²) in [5, 5.41) is 11.3. The van der Waals surface area contributed by atoms with Crippen LogP contribution in [0.4, 0.5) is 10.5 Å². The molecule has 3 heterocycles. The van der Waals surface area contributed by atoms with Gasteiger partial charge in [-0.15, -0.1) is 5.10 Å². The normalized spacial score (nSPS) is 20.1. The van der Waals surface area contributed by atoms with E-state index in [9.17, 15) is 4.79 Å². The van der Waals surface area contributed by atoms with E-state index in [2.05, 4.69) is 21.6 Å². The van der Waals surface area contributed by atoms with Gasteiger partial charge in [0.15, 0.2) is 0 Å². The van der Waals surface area contributed by atoms with Crippen LogP contribution in [0.2, 0.25) is 0 Å². The van der Waals surface area contributed by atoms with Gasteiger partial charge in [-0.2, -0.15) is 0 Å². The summed E-state index contributed by atoms with van der Waals surface area (Å²) in [5.41, 5.74) is 3.81. The molecule has 1 fully saturated rings. The summed E-state index contributed by atoms with van der Waals surface area (Å²) in [7, 11) is 0. The molecule has 0 saturated carbocycles. The number of ether oxygens (including phenoxy) is 2. The van der Waals surface area contributed by atoms with Crippen LogP contribution in [-0.4, -0.2) is 40.4 Å². The third kappa shape index (κ3) is 2.97. The van der Waals surface area contributed by atoms with E-state index in [0.717, 1.165) is 40.7 Å². The molecule has 0 spiro atoms. The quantitative estimate of drug-likeness (QED) is 0.723. The van der Waals surface area contributed by atoms with Gasteiger partial charge in [-0.25, -0.2) is 4.79 Å². The first-order chi connectivity index (χ1) is 13.7. The molecule has 7 heteroatoms. The van der Waals surface area contributed by atoms with Crippen molar-refractivity contribution >= 4 is 22.6 Å². The number of amides is 2. The molecule has 5 rings (SSSR count). The van der Waals surface area contributed by atoms with Crippen molar-refractivity contribution in [2.45, 2.75) is 32.0 Å². The first kappa shape index (κ1) is 17.1. The number of benzene rings is 2. The number of rotatable bonds is 4. The van der Waals surface area contributed by atoms with Crippen molar-refractivity contribution < 1.29 is 14.3 Å². The number of nitrogens with zero attached hydrogens (tertiary/aromatic N) is 2. The molecule has 0 bridgehead atoms. The van der Waals surface area contributed by atoms with Crippen LogP contribution in [0.15, 0.2) is 42.5 Å². The summed E-state index contributed by atoms with van der Waals surface area (Å²) in [6.45, 7) is 3.90. The van der Waals surface area contributed by atoms with Crippen molar-refractivity contribution in [3.8, 4) is 5.88 Å². The lowest BCUT2D eigenvalue weighted by atomic mass is 10.0. The van der Waals surface area contributed by atoms with Crippen molar-refractivity contribution in [1.82, 2.24) is 15.1 Å². The average Bonchev–Trinajstić information content (AvgIpc) is 3.37. The summed E-state index contributed by atoms with van der Waals surface area (Å²) in [6, 6.07) is 13.9. The molecule has 0 radical (unpaired) electrons. The van der Waals surface area contributed by atoms with E-state index < -0.39 is 0 Å². The van der Waals surface area contributed by atoms with E-state index in [1.54, 1.807) is 0 Å². The molecule has 7 nitrogen and oxygen atoms in total. The average molecular weight is 378 g/mol. The molecule has 2 amide bonds. The highest BCUT2D eigenvalue weighted by Gasteiger charge is 2.29. The lowest BCUT2D eigenvalue weighted by Gasteiger charge is -2.34. The maximum Gasteiger partial charge on any atom is 0.322 e. The highest BCUT2D eigenvalue weighted by molar-refractivity contribution is 5.97. The Morgan fingerprint density at radius 1 is 1.29 bits per heavy atom. The molecule has 2 aliphatic heterocycles. The van der Waals surface area contributed by atoms with Gasteiger partial charge in [0.2, 0.25) is 5.88 Å². The number of hydrogen-bond donors (Lipinski definition) is 2. The highest BCUT2D eigenvalue weighted by atomic mass is 16.5. The SMILES string of the molecule is CC(c1ccccc1)N1Cc2cc3c(OC4CCOC4)n[nH]c3cc2NC1=O. The van der Waals surface area contributed by atoms with Gasteiger partial charge < -0.3 is 19.7 Å². The molecule has 1 saturated heterocycles. The Bertz CT molecular complexity index is 1010. The molecule has 2 aliphatic rings.